The standard InChI is InChI=1S/C23H28/c1-15(2)21-14-18-8-7-9-20(22(18)16(21)3)17-10-12-19(13-11-17)23(4,5)6/h7-16H,1-6H3. The maximum absolute atomic E-state index is 2.40. The predicted molar refractivity (Wildman–Crippen MR) is 102 cm³/mol. The predicted octanol–water partition coefficient (Wildman–Crippen LogP) is 6.81. The Balaban J connectivity index is 2.04. The molecule has 0 saturated heterocycles. The van der Waals surface area contributed by atoms with Gasteiger partial charge >= 0.3 is 0 Å². The van der Waals surface area contributed by atoms with Crippen molar-refractivity contribution >= 4 is 6.08 Å². The first-order valence-electron chi connectivity index (χ1n) is 8.74. The van der Waals surface area contributed by atoms with Gasteiger partial charge in [0.1, 0.15) is 0 Å². The van der Waals surface area contributed by atoms with Crippen molar-refractivity contribution in [3.8, 4) is 11.1 Å². The molecule has 0 saturated carbocycles. The fourth-order valence-corrected chi connectivity index (χ4v) is 3.73. The summed E-state index contributed by atoms with van der Waals surface area (Å²) in [6, 6.07) is 15.9. The van der Waals surface area contributed by atoms with Gasteiger partial charge in [-0.15, -0.1) is 0 Å². The Bertz CT molecular complexity index is 737. The largest absolute Gasteiger partial charge is 0.0610 e. The third kappa shape index (κ3) is 2.87. The van der Waals surface area contributed by atoms with Gasteiger partial charge in [-0.25, -0.2) is 0 Å². The van der Waals surface area contributed by atoms with E-state index >= 15 is 0 Å². The Hall–Kier alpha value is -1.82. The van der Waals surface area contributed by atoms with E-state index in [0.29, 0.717) is 11.8 Å². The number of benzene rings is 2. The minimum absolute atomic E-state index is 0.205. The normalized spacial score (nSPS) is 17.3. The zero-order valence-electron chi connectivity index (χ0n) is 15.3. The molecule has 0 aliphatic heterocycles. The zero-order chi connectivity index (χ0) is 16.8. The SMILES string of the molecule is CC(C)C1=Cc2cccc(-c3ccc(C(C)(C)C)cc3)c2C1C. The van der Waals surface area contributed by atoms with Crippen LogP contribution in [0.3, 0.4) is 0 Å². The zero-order valence-corrected chi connectivity index (χ0v) is 15.3. The van der Waals surface area contributed by atoms with E-state index in [1.807, 2.05) is 0 Å². The van der Waals surface area contributed by atoms with Gasteiger partial charge in [-0.05, 0) is 39.2 Å². The lowest BCUT2D eigenvalue weighted by molar-refractivity contribution is 0.590. The number of hydrogen-bond acceptors (Lipinski definition) is 0. The second-order valence-corrected chi connectivity index (χ2v) is 8.16. The van der Waals surface area contributed by atoms with E-state index in [2.05, 4.69) is 90.1 Å². The highest BCUT2D eigenvalue weighted by molar-refractivity contribution is 5.79. The molecule has 0 fully saturated rings. The highest BCUT2D eigenvalue weighted by Gasteiger charge is 2.26. The van der Waals surface area contributed by atoms with Gasteiger partial charge in [0.25, 0.3) is 0 Å². The van der Waals surface area contributed by atoms with Gasteiger partial charge in [-0.2, -0.15) is 0 Å². The van der Waals surface area contributed by atoms with Crippen molar-refractivity contribution in [2.75, 3.05) is 0 Å². The van der Waals surface area contributed by atoms with Crippen molar-refractivity contribution in [3.63, 3.8) is 0 Å². The fourth-order valence-electron chi connectivity index (χ4n) is 3.73. The Kier molecular flexibility index (Phi) is 3.96. The van der Waals surface area contributed by atoms with Crippen molar-refractivity contribution in [2.45, 2.75) is 52.9 Å². The molecule has 2 aromatic rings. The summed E-state index contributed by atoms with van der Waals surface area (Å²) in [5.41, 5.74) is 8.78. The topological polar surface area (TPSA) is 0 Å². The van der Waals surface area contributed by atoms with Crippen molar-refractivity contribution in [3.05, 3.63) is 64.7 Å². The van der Waals surface area contributed by atoms with Crippen molar-refractivity contribution in [2.24, 2.45) is 5.92 Å². The summed E-state index contributed by atoms with van der Waals surface area (Å²) in [6.45, 7) is 13.7. The van der Waals surface area contributed by atoms with Gasteiger partial charge < -0.3 is 0 Å². The molecule has 23 heavy (non-hydrogen) atoms. The molecule has 0 spiro atoms. The van der Waals surface area contributed by atoms with Gasteiger partial charge in [0.15, 0.2) is 0 Å². The van der Waals surface area contributed by atoms with Gasteiger partial charge in [0.05, 0.1) is 0 Å². The highest BCUT2D eigenvalue weighted by Crippen LogP contribution is 2.44. The van der Waals surface area contributed by atoms with Gasteiger partial charge in [-0.1, -0.05) is 95.7 Å². The van der Waals surface area contributed by atoms with Crippen LogP contribution in [-0.4, -0.2) is 0 Å². The van der Waals surface area contributed by atoms with Crippen molar-refractivity contribution in [1.29, 1.82) is 0 Å². The summed E-state index contributed by atoms with van der Waals surface area (Å²) in [5.74, 6) is 1.12. The summed E-state index contributed by atoms with van der Waals surface area (Å²) in [6.07, 6.45) is 2.40. The lowest BCUT2D eigenvalue weighted by Crippen LogP contribution is -2.10. The second-order valence-electron chi connectivity index (χ2n) is 8.16. The minimum Gasteiger partial charge on any atom is -0.0610 e. The maximum atomic E-state index is 2.40. The summed E-state index contributed by atoms with van der Waals surface area (Å²) >= 11 is 0. The van der Waals surface area contributed by atoms with E-state index < -0.39 is 0 Å². The smallest absolute Gasteiger partial charge is 0.00378 e. The fraction of sp³-hybridized carbons (Fsp3) is 0.391. The van der Waals surface area contributed by atoms with Crippen LogP contribution < -0.4 is 0 Å². The molecule has 1 aliphatic carbocycles. The van der Waals surface area contributed by atoms with Crippen molar-refractivity contribution < 1.29 is 0 Å². The summed E-state index contributed by atoms with van der Waals surface area (Å²) < 4.78 is 0. The molecular weight excluding hydrogens is 276 g/mol. The van der Waals surface area contributed by atoms with Crippen LogP contribution in [0.25, 0.3) is 17.2 Å². The van der Waals surface area contributed by atoms with Crippen LogP contribution in [0.2, 0.25) is 0 Å². The molecule has 0 aromatic heterocycles. The molecular formula is C23H28. The molecule has 1 aliphatic rings. The molecule has 0 radical (unpaired) electrons. The van der Waals surface area contributed by atoms with Gasteiger partial charge in [-0.3, -0.25) is 0 Å². The summed E-state index contributed by atoms with van der Waals surface area (Å²) in [5, 5.41) is 0. The van der Waals surface area contributed by atoms with Crippen LogP contribution in [-0.2, 0) is 5.41 Å². The monoisotopic (exact) mass is 304 g/mol. The van der Waals surface area contributed by atoms with Crippen LogP contribution in [0.15, 0.2) is 48.0 Å². The average Bonchev–Trinajstić information content (AvgIpc) is 2.84. The Morgan fingerprint density at radius 3 is 2.13 bits per heavy atom. The lowest BCUT2D eigenvalue weighted by Gasteiger charge is -2.21. The van der Waals surface area contributed by atoms with E-state index in [0.717, 1.165) is 0 Å². The number of rotatable bonds is 2. The molecule has 120 valence electrons. The Morgan fingerprint density at radius 2 is 1.57 bits per heavy atom. The first-order valence-corrected chi connectivity index (χ1v) is 8.74. The van der Waals surface area contributed by atoms with E-state index in [1.54, 1.807) is 5.57 Å². The molecule has 2 aromatic carbocycles. The molecule has 0 heteroatoms. The Morgan fingerprint density at radius 1 is 0.913 bits per heavy atom. The minimum atomic E-state index is 0.205. The van der Waals surface area contributed by atoms with E-state index in [-0.39, 0.29) is 5.41 Å². The second kappa shape index (κ2) is 5.67. The first-order chi connectivity index (χ1) is 10.8. The summed E-state index contributed by atoms with van der Waals surface area (Å²) in [7, 11) is 0. The molecule has 0 nitrogen and oxygen atoms in total. The quantitative estimate of drug-likeness (QED) is 0.572. The third-order valence-electron chi connectivity index (χ3n) is 5.12. The van der Waals surface area contributed by atoms with E-state index in [4.69, 9.17) is 0 Å². The number of fused-ring (bicyclic) bond motifs is 1. The van der Waals surface area contributed by atoms with E-state index in [1.165, 1.54) is 27.8 Å². The maximum Gasteiger partial charge on any atom is 0.00378 e. The number of hydrogen-bond donors (Lipinski definition) is 0. The third-order valence-corrected chi connectivity index (χ3v) is 5.12. The molecule has 0 N–H and O–H groups in total. The highest BCUT2D eigenvalue weighted by atomic mass is 14.3. The summed E-state index contributed by atoms with van der Waals surface area (Å²) in [4.78, 5) is 0. The molecule has 0 bridgehead atoms. The van der Waals surface area contributed by atoms with Crippen LogP contribution >= 0.6 is 0 Å². The number of allylic oxidation sites excluding steroid dienone is 1. The van der Waals surface area contributed by atoms with Crippen LogP contribution in [0.1, 0.15) is 64.2 Å². The van der Waals surface area contributed by atoms with Crippen LogP contribution in [0.5, 0.6) is 0 Å². The molecule has 1 atom stereocenters. The molecule has 0 amide bonds. The molecule has 0 heterocycles. The molecule has 3 rings (SSSR count). The van der Waals surface area contributed by atoms with Crippen LogP contribution in [0.4, 0.5) is 0 Å². The van der Waals surface area contributed by atoms with Gasteiger partial charge in [0, 0.05) is 5.92 Å². The van der Waals surface area contributed by atoms with Crippen molar-refractivity contribution in [1.82, 2.24) is 0 Å². The van der Waals surface area contributed by atoms with Crippen LogP contribution in [0, 0.1) is 5.92 Å². The average molecular weight is 304 g/mol. The molecule has 1 unspecified atom stereocenters. The van der Waals surface area contributed by atoms with Gasteiger partial charge in [0.2, 0.25) is 0 Å². The lowest BCUT2D eigenvalue weighted by atomic mass is 9.84. The Labute approximate surface area is 141 Å². The first kappa shape index (κ1) is 16.1. The van der Waals surface area contributed by atoms with E-state index in [9.17, 15) is 0 Å².